The van der Waals surface area contributed by atoms with Crippen LogP contribution in [0.15, 0.2) is 18.2 Å². The Bertz CT molecular complexity index is 336. The molecule has 0 aliphatic heterocycles. The average molecular weight is 182 g/mol. The van der Waals surface area contributed by atoms with Gasteiger partial charge in [-0.1, -0.05) is 19.9 Å². The molecule has 0 spiro atoms. The fourth-order valence-electron chi connectivity index (χ4n) is 0.966. The van der Waals surface area contributed by atoms with E-state index in [2.05, 4.69) is 0 Å². The topological polar surface area (TPSA) is 43.1 Å². The summed E-state index contributed by atoms with van der Waals surface area (Å²) >= 11 is 0. The zero-order chi connectivity index (χ0) is 10.0. The van der Waals surface area contributed by atoms with Crippen LogP contribution in [0.3, 0.4) is 0 Å². The van der Waals surface area contributed by atoms with Gasteiger partial charge in [-0.15, -0.1) is 0 Å². The normalized spacial score (nSPS) is 10.5. The molecule has 0 amide bonds. The monoisotopic (exact) mass is 182 g/mol. The fourth-order valence-corrected chi connectivity index (χ4v) is 0.966. The number of hydrogen-bond acceptors (Lipinski definition) is 2. The second-order valence-corrected chi connectivity index (χ2v) is 2.92. The van der Waals surface area contributed by atoms with Crippen LogP contribution < -0.4 is 0 Å². The quantitative estimate of drug-likeness (QED) is 0.521. The maximum absolute atomic E-state index is 13.0. The smallest absolute Gasteiger partial charge is 0.258 e. The number of nitrogens with zero attached hydrogens (tertiary/aromatic N) is 1. The third kappa shape index (κ3) is 2.02. The van der Waals surface area contributed by atoms with Crippen molar-refractivity contribution in [2.45, 2.75) is 13.8 Å². The molecule has 0 heterocycles. The lowest BCUT2D eigenvalue weighted by Crippen LogP contribution is -1.95. The van der Waals surface area contributed by atoms with Gasteiger partial charge in [0.25, 0.3) is 0 Å². The van der Waals surface area contributed by atoms with Crippen molar-refractivity contribution in [3.8, 4) is 0 Å². The van der Waals surface area contributed by atoms with E-state index < -0.39 is 16.4 Å². The summed E-state index contributed by atoms with van der Waals surface area (Å²) < 4.78 is 13.0. The zero-order valence-corrected chi connectivity index (χ0v) is 7.37. The Morgan fingerprint density at radius 1 is 1.46 bits per heavy atom. The van der Waals surface area contributed by atoms with Gasteiger partial charge < -0.3 is 0 Å². The minimum atomic E-state index is -0.788. The molecule has 0 saturated carbocycles. The van der Waals surface area contributed by atoms with Crippen molar-refractivity contribution in [2.24, 2.45) is 0 Å². The van der Waals surface area contributed by atoms with E-state index in [0.29, 0.717) is 5.56 Å². The van der Waals surface area contributed by atoms with Crippen LogP contribution in [0, 0.1) is 21.8 Å². The van der Waals surface area contributed by atoms with E-state index in [1.54, 1.807) is 0 Å². The van der Waals surface area contributed by atoms with Crippen LogP contribution in [0.2, 0.25) is 0 Å². The van der Waals surface area contributed by atoms with Crippen molar-refractivity contribution in [3.63, 3.8) is 0 Å². The predicted octanol–water partition coefficient (Wildman–Crippen LogP) is 2.70. The molecule has 0 unspecified atom stereocenters. The van der Waals surface area contributed by atoms with Crippen LogP contribution in [-0.4, -0.2) is 4.92 Å². The average Bonchev–Trinajstić information content (AvgIpc) is 2.03. The molecule has 1 rings (SSSR count). The number of nitro groups is 1. The van der Waals surface area contributed by atoms with Crippen LogP contribution in [0.4, 0.5) is 10.1 Å². The fraction of sp³-hybridized carbons (Fsp3) is 0.222. The highest BCUT2D eigenvalue weighted by Crippen LogP contribution is 2.21. The number of nitro benzene ring substituents is 1. The first-order valence-corrected chi connectivity index (χ1v) is 3.77. The van der Waals surface area contributed by atoms with Crippen LogP contribution in [0.5, 0.6) is 0 Å². The predicted molar refractivity (Wildman–Crippen MR) is 46.7 cm³/mol. The molecule has 3 nitrogen and oxygen atoms in total. The van der Waals surface area contributed by atoms with Gasteiger partial charge >= 0.3 is 5.69 Å². The molecule has 0 fully saturated rings. The van der Waals surface area contributed by atoms with Crippen molar-refractivity contribution >= 4 is 5.69 Å². The SMILES string of the molecule is C[C](C)c1ccc([N+](=O)[O-])c(F)c1. The molecule has 0 N–H and O–H groups in total. The minimum Gasteiger partial charge on any atom is -0.258 e. The standard InChI is InChI=1S/C9H9FNO2/c1-6(2)7-3-4-9(11(12)13)8(10)5-7/h3-5H,1-2H3. The third-order valence-electron chi connectivity index (χ3n) is 1.72. The van der Waals surface area contributed by atoms with E-state index in [9.17, 15) is 14.5 Å². The maximum Gasteiger partial charge on any atom is 0.304 e. The van der Waals surface area contributed by atoms with E-state index in [-0.39, 0.29) is 0 Å². The maximum atomic E-state index is 13.0. The lowest BCUT2D eigenvalue weighted by atomic mass is 10.0. The van der Waals surface area contributed by atoms with Crippen molar-refractivity contribution in [2.75, 3.05) is 0 Å². The minimum absolute atomic E-state index is 0.481. The molecule has 69 valence electrons. The zero-order valence-electron chi connectivity index (χ0n) is 7.37. The molecule has 1 aromatic carbocycles. The summed E-state index contributed by atoms with van der Waals surface area (Å²) in [5, 5.41) is 10.3. The molecule has 0 bridgehead atoms. The molecule has 13 heavy (non-hydrogen) atoms. The van der Waals surface area contributed by atoms with Gasteiger partial charge in [0, 0.05) is 6.07 Å². The number of rotatable bonds is 2. The highest BCUT2D eigenvalue weighted by Gasteiger charge is 2.14. The summed E-state index contributed by atoms with van der Waals surface area (Å²) in [6.45, 7) is 3.64. The second kappa shape index (κ2) is 3.51. The Balaban J connectivity index is 3.13. The van der Waals surface area contributed by atoms with Crippen molar-refractivity contribution in [1.29, 1.82) is 0 Å². The van der Waals surface area contributed by atoms with Gasteiger partial charge in [0.05, 0.1) is 4.92 Å². The molecular weight excluding hydrogens is 173 g/mol. The van der Waals surface area contributed by atoms with E-state index in [1.165, 1.54) is 18.2 Å². The third-order valence-corrected chi connectivity index (χ3v) is 1.72. The van der Waals surface area contributed by atoms with E-state index in [1.807, 2.05) is 13.8 Å². The highest BCUT2D eigenvalue weighted by atomic mass is 19.1. The van der Waals surface area contributed by atoms with Crippen LogP contribution in [-0.2, 0) is 0 Å². The van der Waals surface area contributed by atoms with Gasteiger partial charge in [-0.05, 0) is 17.5 Å². The first-order valence-electron chi connectivity index (χ1n) is 3.77. The first kappa shape index (κ1) is 9.64. The van der Waals surface area contributed by atoms with Gasteiger partial charge in [0.2, 0.25) is 5.82 Å². The number of benzene rings is 1. The Kier molecular flexibility index (Phi) is 2.60. The van der Waals surface area contributed by atoms with Gasteiger partial charge in [0.1, 0.15) is 0 Å². The van der Waals surface area contributed by atoms with Gasteiger partial charge in [-0.2, -0.15) is 4.39 Å². The molecule has 0 saturated heterocycles. The Labute approximate surface area is 75.3 Å². The van der Waals surface area contributed by atoms with Gasteiger partial charge in [0.15, 0.2) is 0 Å². The largest absolute Gasteiger partial charge is 0.304 e. The number of hydrogen-bond donors (Lipinski definition) is 0. The lowest BCUT2D eigenvalue weighted by molar-refractivity contribution is -0.387. The highest BCUT2D eigenvalue weighted by molar-refractivity contribution is 5.39. The van der Waals surface area contributed by atoms with Gasteiger partial charge in [-0.3, -0.25) is 10.1 Å². The summed E-state index contributed by atoms with van der Waals surface area (Å²) in [5.41, 5.74) is 0.202. The Morgan fingerprint density at radius 3 is 2.46 bits per heavy atom. The van der Waals surface area contributed by atoms with Crippen LogP contribution in [0.1, 0.15) is 19.4 Å². The van der Waals surface area contributed by atoms with Crippen LogP contribution >= 0.6 is 0 Å². The van der Waals surface area contributed by atoms with E-state index in [0.717, 1.165) is 5.92 Å². The molecule has 1 aromatic rings. The summed E-state index contributed by atoms with van der Waals surface area (Å²) in [5.74, 6) is 0.137. The molecule has 0 aromatic heterocycles. The van der Waals surface area contributed by atoms with Crippen molar-refractivity contribution in [1.82, 2.24) is 0 Å². The van der Waals surface area contributed by atoms with E-state index >= 15 is 0 Å². The molecule has 0 aliphatic rings. The molecule has 0 atom stereocenters. The summed E-state index contributed by atoms with van der Waals surface area (Å²) in [6, 6.07) is 3.89. The number of halogens is 1. The van der Waals surface area contributed by atoms with E-state index in [4.69, 9.17) is 0 Å². The molecule has 0 aliphatic carbocycles. The molecular formula is C9H9FNO2. The Hall–Kier alpha value is -1.45. The summed E-state index contributed by atoms with van der Waals surface area (Å²) in [7, 11) is 0. The van der Waals surface area contributed by atoms with Crippen LogP contribution in [0.25, 0.3) is 0 Å². The first-order chi connectivity index (χ1) is 6.02. The Morgan fingerprint density at radius 2 is 2.08 bits per heavy atom. The second-order valence-electron chi connectivity index (χ2n) is 2.92. The van der Waals surface area contributed by atoms with Gasteiger partial charge in [-0.25, -0.2) is 0 Å². The van der Waals surface area contributed by atoms with Crippen molar-refractivity contribution < 1.29 is 9.31 Å². The summed E-state index contributed by atoms with van der Waals surface area (Å²) in [6.07, 6.45) is 0. The molecule has 4 heteroatoms. The molecule has 1 radical (unpaired) electrons. The summed E-state index contributed by atoms with van der Waals surface area (Å²) in [4.78, 5) is 9.53. The lowest BCUT2D eigenvalue weighted by Gasteiger charge is -2.03. The van der Waals surface area contributed by atoms with Crippen molar-refractivity contribution in [3.05, 3.63) is 45.6 Å².